The van der Waals surface area contributed by atoms with E-state index in [1.807, 2.05) is 0 Å². The maximum atomic E-state index is 5.31. The minimum absolute atomic E-state index is 0.567. The Balaban J connectivity index is 2.05. The summed E-state index contributed by atoms with van der Waals surface area (Å²) in [7, 11) is 0. The van der Waals surface area contributed by atoms with Crippen LogP contribution in [-0.4, -0.2) is 6.04 Å². The van der Waals surface area contributed by atoms with Crippen LogP contribution in [0, 0.1) is 5.92 Å². The van der Waals surface area contributed by atoms with Gasteiger partial charge in [0.25, 0.3) is 0 Å². The van der Waals surface area contributed by atoms with Gasteiger partial charge in [-0.2, -0.15) is 0 Å². The van der Waals surface area contributed by atoms with Crippen LogP contribution in [0.3, 0.4) is 0 Å². The molecule has 1 fully saturated rings. The van der Waals surface area contributed by atoms with Crippen molar-refractivity contribution in [2.24, 2.45) is 11.8 Å². The summed E-state index contributed by atoms with van der Waals surface area (Å²) in [6, 6.07) is 0.567. The first-order valence-electron chi connectivity index (χ1n) is 3.83. The van der Waals surface area contributed by atoms with Gasteiger partial charge in [-0.25, -0.2) is 0 Å². The van der Waals surface area contributed by atoms with E-state index in [4.69, 9.17) is 5.84 Å². The summed E-state index contributed by atoms with van der Waals surface area (Å²) in [6.45, 7) is 2.17. The normalized spacial score (nSPS) is 22.0. The first kappa shape index (κ1) is 7.03. The van der Waals surface area contributed by atoms with Gasteiger partial charge in [0.2, 0.25) is 0 Å². The molecule has 0 aromatic carbocycles. The van der Waals surface area contributed by atoms with Gasteiger partial charge in [-0.1, -0.05) is 19.8 Å². The maximum absolute atomic E-state index is 5.31. The molecule has 1 aliphatic rings. The van der Waals surface area contributed by atoms with Gasteiger partial charge in [-0.3, -0.25) is 11.3 Å². The first-order chi connectivity index (χ1) is 4.36. The average Bonchev–Trinajstić information content (AvgIpc) is 2.66. The van der Waals surface area contributed by atoms with Crippen molar-refractivity contribution >= 4 is 0 Å². The van der Waals surface area contributed by atoms with Gasteiger partial charge in [0.15, 0.2) is 0 Å². The predicted octanol–water partition coefficient (Wildman–Crippen LogP) is 1.03. The number of hydrogen-bond donors (Lipinski definition) is 2. The Labute approximate surface area is 56.8 Å². The van der Waals surface area contributed by atoms with Crippen molar-refractivity contribution < 1.29 is 0 Å². The summed E-state index contributed by atoms with van der Waals surface area (Å²) < 4.78 is 0. The van der Waals surface area contributed by atoms with Crippen LogP contribution in [-0.2, 0) is 0 Å². The molecular formula is C7H16N2. The molecule has 2 heteroatoms. The highest BCUT2D eigenvalue weighted by Crippen LogP contribution is 2.33. The quantitative estimate of drug-likeness (QED) is 0.438. The molecule has 1 aliphatic carbocycles. The molecule has 0 spiro atoms. The minimum atomic E-state index is 0.567. The van der Waals surface area contributed by atoms with Gasteiger partial charge < -0.3 is 0 Å². The highest BCUT2D eigenvalue weighted by atomic mass is 15.2. The van der Waals surface area contributed by atoms with Crippen LogP contribution in [0.25, 0.3) is 0 Å². The lowest BCUT2D eigenvalue weighted by molar-refractivity contribution is 0.457. The summed E-state index contributed by atoms with van der Waals surface area (Å²) in [5, 5.41) is 0. The third-order valence-electron chi connectivity index (χ3n) is 2.04. The molecule has 0 amide bonds. The van der Waals surface area contributed by atoms with Gasteiger partial charge in [-0.05, 0) is 18.8 Å². The number of nitrogens with one attached hydrogen (secondary N) is 1. The molecule has 1 atom stereocenters. The second kappa shape index (κ2) is 3.18. The van der Waals surface area contributed by atoms with Gasteiger partial charge in [-0.15, -0.1) is 0 Å². The van der Waals surface area contributed by atoms with Gasteiger partial charge in [0, 0.05) is 6.04 Å². The molecule has 9 heavy (non-hydrogen) atoms. The van der Waals surface area contributed by atoms with Crippen LogP contribution in [0.15, 0.2) is 0 Å². The van der Waals surface area contributed by atoms with Gasteiger partial charge >= 0.3 is 0 Å². The SMILES string of the molecule is CCC(CC1CC1)NN. The highest BCUT2D eigenvalue weighted by molar-refractivity contribution is 4.78. The standard InChI is InChI=1S/C7H16N2/c1-2-7(9-8)5-6-3-4-6/h6-7,9H,2-5,8H2,1H3. The van der Waals surface area contributed by atoms with E-state index in [2.05, 4.69) is 12.3 Å². The van der Waals surface area contributed by atoms with Crippen molar-refractivity contribution in [3.05, 3.63) is 0 Å². The first-order valence-corrected chi connectivity index (χ1v) is 3.83. The van der Waals surface area contributed by atoms with E-state index in [9.17, 15) is 0 Å². The van der Waals surface area contributed by atoms with Gasteiger partial charge in [0.05, 0.1) is 0 Å². The van der Waals surface area contributed by atoms with Crippen LogP contribution < -0.4 is 11.3 Å². The Kier molecular flexibility index (Phi) is 2.49. The lowest BCUT2D eigenvalue weighted by Crippen LogP contribution is -2.34. The summed E-state index contributed by atoms with van der Waals surface area (Å²) in [5.74, 6) is 6.30. The van der Waals surface area contributed by atoms with E-state index in [0.29, 0.717) is 6.04 Å². The molecule has 0 aromatic rings. The lowest BCUT2D eigenvalue weighted by atomic mass is 10.1. The van der Waals surface area contributed by atoms with Crippen LogP contribution in [0.4, 0.5) is 0 Å². The van der Waals surface area contributed by atoms with E-state index in [1.54, 1.807) is 0 Å². The molecule has 0 aromatic heterocycles. The molecular weight excluding hydrogens is 112 g/mol. The molecule has 1 unspecified atom stereocenters. The fourth-order valence-electron chi connectivity index (χ4n) is 1.11. The zero-order valence-corrected chi connectivity index (χ0v) is 6.06. The number of hydrogen-bond acceptors (Lipinski definition) is 2. The van der Waals surface area contributed by atoms with Crippen molar-refractivity contribution in [3.8, 4) is 0 Å². The second-order valence-corrected chi connectivity index (χ2v) is 2.95. The lowest BCUT2D eigenvalue weighted by Gasteiger charge is -2.11. The molecule has 0 bridgehead atoms. The van der Waals surface area contributed by atoms with Crippen LogP contribution in [0.2, 0.25) is 0 Å². The minimum Gasteiger partial charge on any atom is -0.271 e. The van der Waals surface area contributed by atoms with Crippen molar-refractivity contribution in [1.82, 2.24) is 5.43 Å². The van der Waals surface area contributed by atoms with E-state index >= 15 is 0 Å². The third kappa shape index (κ3) is 2.33. The molecule has 54 valence electrons. The average molecular weight is 128 g/mol. The summed E-state index contributed by atoms with van der Waals surface area (Å²) in [5.41, 5.74) is 2.82. The summed E-state index contributed by atoms with van der Waals surface area (Å²) >= 11 is 0. The fourth-order valence-corrected chi connectivity index (χ4v) is 1.11. The van der Waals surface area contributed by atoms with Crippen LogP contribution in [0.1, 0.15) is 32.6 Å². The Morgan fingerprint density at radius 1 is 1.67 bits per heavy atom. The molecule has 3 N–H and O–H groups in total. The third-order valence-corrected chi connectivity index (χ3v) is 2.04. The largest absolute Gasteiger partial charge is 0.271 e. The van der Waals surface area contributed by atoms with E-state index in [-0.39, 0.29) is 0 Å². The molecule has 2 nitrogen and oxygen atoms in total. The summed E-state index contributed by atoms with van der Waals surface area (Å²) in [6.07, 6.45) is 5.30. The zero-order valence-electron chi connectivity index (χ0n) is 6.06. The maximum Gasteiger partial charge on any atom is 0.0210 e. The van der Waals surface area contributed by atoms with E-state index in [1.165, 1.54) is 19.3 Å². The molecule has 0 aliphatic heterocycles. The van der Waals surface area contributed by atoms with Gasteiger partial charge in [0.1, 0.15) is 0 Å². The number of hydrazine groups is 1. The molecule has 1 rings (SSSR count). The molecule has 0 radical (unpaired) electrons. The van der Waals surface area contributed by atoms with Crippen molar-refractivity contribution in [1.29, 1.82) is 0 Å². The fraction of sp³-hybridized carbons (Fsp3) is 1.00. The van der Waals surface area contributed by atoms with Crippen molar-refractivity contribution in [3.63, 3.8) is 0 Å². The van der Waals surface area contributed by atoms with Crippen LogP contribution in [0.5, 0.6) is 0 Å². The second-order valence-electron chi connectivity index (χ2n) is 2.95. The Hall–Kier alpha value is -0.0800. The zero-order chi connectivity index (χ0) is 6.69. The van der Waals surface area contributed by atoms with Crippen molar-refractivity contribution in [2.45, 2.75) is 38.6 Å². The monoisotopic (exact) mass is 128 g/mol. The number of nitrogens with two attached hydrogens (primary N) is 1. The summed E-state index contributed by atoms with van der Waals surface area (Å²) in [4.78, 5) is 0. The smallest absolute Gasteiger partial charge is 0.0210 e. The Bertz CT molecular complexity index is 75.0. The Morgan fingerprint density at radius 2 is 2.33 bits per heavy atom. The topological polar surface area (TPSA) is 38.0 Å². The van der Waals surface area contributed by atoms with Crippen molar-refractivity contribution in [2.75, 3.05) is 0 Å². The Morgan fingerprint density at radius 3 is 2.67 bits per heavy atom. The molecule has 1 saturated carbocycles. The van der Waals surface area contributed by atoms with E-state index < -0.39 is 0 Å². The molecule has 0 saturated heterocycles. The van der Waals surface area contributed by atoms with E-state index in [0.717, 1.165) is 12.3 Å². The highest BCUT2D eigenvalue weighted by Gasteiger charge is 2.23. The predicted molar refractivity (Wildman–Crippen MR) is 38.7 cm³/mol. The number of rotatable bonds is 4. The van der Waals surface area contributed by atoms with Crippen LogP contribution >= 0.6 is 0 Å². The molecule has 0 heterocycles.